The van der Waals surface area contributed by atoms with Gasteiger partial charge in [0.1, 0.15) is 0 Å². The molecule has 1 N–H and O–H groups in total. The fourth-order valence-electron chi connectivity index (χ4n) is 3.76. The van der Waals surface area contributed by atoms with E-state index in [-0.39, 0.29) is 12.5 Å². The smallest absolute Gasteiger partial charge is 0.0963 e. The predicted octanol–water partition coefficient (Wildman–Crippen LogP) is 5.46. The number of aromatic nitrogens is 2. The number of nitrogens with zero attached hydrogens (tertiary/aromatic N) is 2. The summed E-state index contributed by atoms with van der Waals surface area (Å²) >= 11 is 0. The van der Waals surface area contributed by atoms with E-state index in [2.05, 4.69) is 65.2 Å². The molecule has 3 heteroatoms. The summed E-state index contributed by atoms with van der Waals surface area (Å²) in [5, 5.41) is 10.0. The quantitative estimate of drug-likeness (QED) is 0.439. The third kappa shape index (κ3) is 4.64. The van der Waals surface area contributed by atoms with E-state index in [9.17, 15) is 5.11 Å². The van der Waals surface area contributed by atoms with Crippen LogP contribution in [-0.2, 0) is 13.0 Å². The zero-order valence-corrected chi connectivity index (χ0v) is 16.5. The van der Waals surface area contributed by atoms with Gasteiger partial charge in [0.2, 0.25) is 0 Å². The van der Waals surface area contributed by atoms with Crippen LogP contribution in [0.2, 0.25) is 0 Å². The number of rotatable bonds is 8. The minimum absolute atomic E-state index is 0.167. The number of hydrogen-bond donors (Lipinski definition) is 1. The van der Waals surface area contributed by atoms with Gasteiger partial charge in [0.25, 0.3) is 0 Å². The van der Waals surface area contributed by atoms with Gasteiger partial charge in [-0.05, 0) is 18.4 Å². The molecule has 1 unspecified atom stereocenters. The molecule has 0 aliphatic carbocycles. The molecule has 0 aliphatic rings. The molecule has 3 aromatic carbocycles. The Morgan fingerprint density at radius 2 is 1.34 bits per heavy atom. The molecule has 0 saturated heterocycles. The van der Waals surface area contributed by atoms with Gasteiger partial charge >= 0.3 is 0 Å². The summed E-state index contributed by atoms with van der Waals surface area (Å²) in [5.74, 6) is 0.176. The molecule has 0 spiro atoms. The van der Waals surface area contributed by atoms with E-state index >= 15 is 0 Å². The Labute approximate surface area is 172 Å². The van der Waals surface area contributed by atoms with E-state index < -0.39 is 0 Å². The van der Waals surface area contributed by atoms with Crippen LogP contribution in [0.3, 0.4) is 0 Å². The van der Waals surface area contributed by atoms with Gasteiger partial charge in [-0.15, -0.1) is 0 Å². The molecule has 0 radical (unpaired) electrons. The van der Waals surface area contributed by atoms with Gasteiger partial charge < -0.3 is 9.67 Å². The summed E-state index contributed by atoms with van der Waals surface area (Å²) in [5.41, 5.74) is 5.65. The lowest BCUT2D eigenvalue weighted by atomic mass is 9.99. The number of benzene rings is 3. The van der Waals surface area contributed by atoms with Gasteiger partial charge in [0.05, 0.1) is 17.7 Å². The van der Waals surface area contributed by atoms with E-state index in [4.69, 9.17) is 4.98 Å². The summed E-state index contributed by atoms with van der Waals surface area (Å²) in [4.78, 5) is 4.75. The van der Waals surface area contributed by atoms with Crippen LogP contribution < -0.4 is 0 Å². The number of hydrogen-bond acceptors (Lipinski definition) is 2. The predicted molar refractivity (Wildman–Crippen MR) is 118 cm³/mol. The Bertz CT molecular complexity index is 1010. The van der Waals surface area contributed by atoms with Gasteiger partial charge in [0.15, 0.2) is 0 Å². The van der Waals surface area contributed by atoms with E-state index in [0.29, 0.717) is 0 Å². The first-order valence-electron chi connectivity index (χ1n) is 10.2. The van der Waals surface area contributed by atoms with Crippen molar-refractivity contribution in [3.63, 3.8) is 0 Å². The summed E-state index contributed by atoms with van der Waals surface area (Å²) in [6.07, 6.45) is 3.82. The van der Waals surface area contributed by atoms with Crippen LogP contribution in [0, 0.1) is 5.92 Å². The lowest BCUT2D eigenvalue weighted by Gasteiger charge is -2.18. The van der Waals surface area contributed by atoms with Crippen molar-refractivity contribution in [3.8, 4) is 22.5 Å². The van der Waals surface area contributed by atoms with Crippen LogP contribution >= 0.6 is 0 Å². The van der Waals surface area contributed by atoms with Crippen molar-refractivity contribution in [1.82, 2.24) is 9.55 Å². The van der Waals surface area contributed by atoms with E-state index in [1.165, 1.54) is 5.56 Å². The first kappa shape index (κ1) is 19.2. The molecule has 0 fully saturated rings. The summed E-state index contributed by atoms with van der Waals surface area (Å²) in [7, 11) is 0. The van der Waals surface area contributed by atoms with Gasteiger partial charge in [-0.1, -0.05) is 91.0 Å². The number of imidazole rings is 1. The Morgan fingerprint density at radius 1 is 0.759 bits per heavy atom. The highest BCUT2D eigenvalue weighted by molar-refractivity contribution is 5.78. The van der Waals surface area contributed by atoms with Crippen molar-refractivity contribution in [3.05, 3.63) is 103 Å². The zero-order valence-electron chi connectivity index (χ0n) is 16.5. The lowest BCUT2D eigenvalue weighted by Crippen LogP contribution is -2.16. The van der Waals surface area contributed by atoms with Gasteiger partial charge in [-0.2, -0.15) is 0 Å². The maximum Gasteiger partial charge on any atom is 0.0963 e. The summed E-state index contributed by atoms with van der Waals surface area (Å²) < 4.78 is 2.20. The van der Waals surface area contributed by atoms with Crippen molar-refractivity contribution < 1.29 is 5.11 Å². The second kappa shape index (κ2) is 9.35. The molecule has 4 aromatic rings. The van der Waals surface area contributed by atoms with Crippen LogP contribution in [0.5, 0.6) is 0 Å². The molecule has 146 valence electrons. The van der Waals surface area contributed by atoms with Crippen LogP contribution in [0.15, 0.2) is 97.3 Å². The SMILES string of the molecule is OCC(CCc1ccccc1)Cn1cnc(-c2ccccc2)c1-c1ccccc1. The molecule has 0 bridgehead atoms. The fraction of sp³-hybridized carbons (Fsp3) is 0.192. The third-order valence-electron chi connectivity index (χ3n) is 5.33. The van der Waals surface area contributed by atoms with Crippen LogP contribution in [0.4, 0.5) is 0 Å². The van der Waals surface area contributed by atoms with E-state index in [1.807, 2.05) is 36.7 Å². The lowest BCUT2D eigenvalue weighted by molar-refractivity contribution is 0.203. The maximum atomic E-state index is 10.0. The molecule has 0 saturated carbocycles. The zero-order chi connectivity index (χ0) is 19.9. The molecule has 1 atom stereocenters. The maximum absolute atomic E-state index is 10.0. The number of aryl methyl sites for hydroxylation is 1. The van der Waals surface area contributed by atoms with Gasteiger partial charge in [0, 0.05) is 30.2 Å². The van der Waals surface area contributed by atoms with E-state index in [1.54, 1.807) is 0 Å². The van der Waals surface area contributed by atoms with Crippen molar-refractivity contribution in [2.75, 3.05) is 6.61 Å². The minimum Gasteiger partial charge on any atom is -0.396 e. The van der Waals surface area contributed by atoms with Crippen molar-refractivity contribution in [2.24, 2.45) is 5.92 Å². The second-order valence-electron chi connectivity index (χ2n) is 7.40. The first-order chi connectivity index (χ1) is 14.3. The average molecular weight is 383 g/mol. The Morgan fingerprint density at radius 3 is 1.97 bits per heavy atom. The molecule has 1 aromatic heterocycles. The molecule has 0 amide bonds. The number of aliphatic hydroxyl groups excluding tert-OH is 1. The Kier molecular flexibility index (Phi) is 6.18. The molecule has 0 aliphatic heterocycles. The number of aliphatic hydroxyl groups is 1. The highest BCUT2D eigenvalue weighted by atomic mass is 16.3. The van der Waals surface area contributed by atoms with Crippen molar-refractivity contribution in [1.29, 1.82) is 0 Å². The standard InChI is InChI=1S/C26H26N2O/c29-19-22(17-16-21-10-4-1-5-11-21)18-28-20-27-25(23-12-6-2-7-13-23)26(28)24-14-8-3-9-15-24/h1-15,20,22,29H,16-19H2. The van der Waals surface area contributed by atoms with Crippen LogP contribution in [0.25, 0.3) is 22.5 Å². The molecule has 3 nitrogen and oxygen atoms in total. The van der Waals surface area contributed by atoms with Gasteiger partial charge in [-0.3, -0.25) is 0 Å². The monoisotopic (exact) mass is 382 g/mol. The van der Waals surface area contributed by atoms with Gasteiger partial charge in [-0.25, -0.2) is 4.98 Å². The highest BCUT2D eigenvalue weighted by Crippen LogP contribution is 2.32. The highest BCUT2D eigenvalue weighted by Gasteiger charge is 2.17. The first-order valence-corrected chi connectivity index (χ1v) is 10.2. The van der Waals surface area contributed by atoms with Crippen LogP contribution in [-0.4, -0.2) is 21.3 Å². The topological polar surface area (TPSA) is 38.0 Å². The molecule has 1 heterocycles. The van der Waals surface area contributed by atoms with Crippen molar-refractivity contribution in [2.45, 2.75) is 19.4 Å². The average Bonchev–Trinajstić information content (AvgIpc) is 3.22. The Hall–Kier alpha value is -3.17. The van der Waals surface area contributed by atoms with Crippen molar-refractivity contribution >= 4 is 0 Å². The summed E-state index contributed by atoms with van der Waals surface area (Å²) in [6, 6.07) is 31.2. The third-order valence-corrected chi connectivity index (χ3v) is 5.33. The molecule has 4 rings (SSSR count). The second-order valence-corrected chi connectivity index (χ2v) is 7.40. The largest absolute Gasteiger partial charge is 0.396 e. The Balaban J connectivity index is 1.62. The summed E-state index contributed by atoms with van der Waals surface area (Å²) in [6.45, 7) is 0.910. The van der Waals surface area contributed by atoms with E-state index in [0.717, 1.165) is 41.9 Å². The molecular formula is C26H26N2O. The molecular weight excluding hydrogens is 356 g/mol. The molecule has 29 heavy (non-hydrogen) atoms. The fourth-order valence-corrected chi connectivity index (χ4v) is 3.76. The van der Waals surface area contributed by atoms with Crippen LogP contribution in [0.1, 0.15) is 12.0 Å². The minimum atomic E-state index is 0.167. The normalized spacial score (nSPS) is 12.0.